The van der Waals surface area contributed by atoms with Crippen molar-refractivity contribution in [2.75, 3.05) is 4.72 Å². The highest BCUT2D eigenvalue weighted by atomic mass is 35.5. The third-order valence-corrected chi connectivity index (χ3v) is 4.47. The number of aryl methyl sites for hydroxylation is 1. The Morgan fingerprint density at radius 1 is 1.35 bits per heavy atom. The second-order valence-electron chi connectivity index (χ2n) is 4.15. The minimum Gasteiger partial charge on any atom is -0.392 e. The molecule has 0 spiro atoms. The van der Waals surface area contributed by atoms with Crippen LogP contribution in [0.15, 0.2) is 41.4 Å². The molecule has 0 saturated heterocycles. The fourth-order valence-electron chi connectivity index (χ4n) is 1.62. The highest BCUT2D eigenvalue weighted by molar-refractivity contribution is 7.92. The van der Waals surface area contributed by atoms with Gasteiger partial charge in [-0.15, -0.1) is 0 Å². The molecule has 2 N–H and O–H groups in total. The first-order chi connectivity index (χ1) is 9.44. The Kier molecular flexibility index (Phi) is 4.27. The molecule has 0 unspecified atom stereocenters. The zero-order valence-electron chi connectivity index (χ0n) is 10.7. The molecule has 0 saturated carbocycles. The van der Waals surface area contributed by atoms with Crippen LogP contribution in [0, 0.1) is 6.92 Å². The quantitative estimate of drug-likeness (QED) is 0.908. The molecule has 106 valence electrons. The molecule has 1 heterocycles. The second-order valence-corrected chi connectivity index (χ2v) is 6.24. The predicted octanol–water partition coefficient (Wildman–Crippen LogP) is 2.34. The molecular formula is C13H13ClN2O3S. The number of hydrogen-bond acceptors (Lipinski definition) is 4. The number of nitrogens with zero attached hydrogens (tertiary/aromatic N) is 1. The lowest BCUT2D eigenvalue weighted by atomic mass is 10.2. The summed E-state index contributed by atoms with van der Waals surface area (Å²) in [6, 6.07) is 7.45. The van der Waals surface area contributed by atoms with Gasteiger partial charge in [-0.3, -0.25) is 9.71 Å². The van der Waals surface area contributed by atoms with Gasteiger partial charge in [-0.05, 0) is 36.8 Å². The van der Waals surface area contributed by atoms with Crippen molar-refractivity contribution in [1.29, 1.82) is 0 Å². The lowest BCUT2D eigenvalue weighted by Gasteiger charge is -2.10. The van der Waals surface area contributed by atoms with Crippen molar-refractivity contribution >= 4 is 27.3 Å². The maximum absolute atomic E-state index is 12.2. The van der Waals surface area contributed by atoms with Crippen LogP contribution in [0.5, 0.6) is 0 Å². The van der Waals surface area contributed by atoms with Crippen molar-refractivity contribution in [3.8, 4) is 0 Å². The molecule has 0 bridgehead atoms. The lowest BCUT2D eigenvalue weighted by molar-refractivity contribution is 0.282. The van der Waals surface area contributed by atoms with Gasteiger partial charge >= 0.3 is 0 Å². The topological polar surface area (TPSA) is 79.3 Å². The molecule has 1 aromatic heterocycles. The second kappa shape index (κ2) is 5.78. The van der Waals surface area contributed by atoms with E-state index in [1.807, 2.05) is 0 Å². The van der Waals surface area contributed by atoms with Gasteiger partial charge in [-0.25, -0.2) is 8.42 Å². The molecule has 0 fully saturated rings. The van der Waals surface area contributed by atoms with Crippen LogP contribution in [0.3, 0.4) is 0 Å². The normalized spacial score (nSPS) is 11.3. The Morgan fingerprint density at radius 2 is 2.10 bits per heavy atom. The van der Waals surface area contributed by atoms with Crippen LogP contribution < -0.4 is 4.72 Å². The van der Waals surface area contributed by atoms with E-state index in [4.69, 9.17) is 16.7 Å². The molecule has 0 amide bonds. The summed E-state index contributed by atoms with van der Waals surface area (Å²) in [4.78, 5) is 4.05. The Bertz CT molecular complexity index is 732. The summed E-state index contributed by atoms with van der Waals surface area (Å²) >= 11 is 5.91. The van der Waals surface area contributed by atoms with E-state index in [1.54, 1.807) is 25.3 Å². The van der Waals surface area contributed by atoms with Gasteiger partial charge < -0.3 is 5.11 Å². The van der Waals surface area contributed by atoms with E-state index in [-0.39, 0.29) is 16.5 Å². The zero-order chi connectivity index (χ0) is 14.8. The first kappa shape index (κ1) is 14.8. The molecule has 2 rings (SSSR count). The van der Waals surface area contributed by atoms with Crippen molar-refractivity contribution in [2.24, 2.45) is 0 Å². The Balaban J connectivity index is 2.36. The van der Waals surface area contributed by atoms with Gasteiger partial charge in [0.1, 0.15) is 0 Å². The van der Waals surface area contributed by atoms with Crippen LogP contribution in [0.25, 0.3) is 0 Å². The number of benzene rings is 1. The summed E-state index contributed by atoms with van der Waals surface area (Å²) in [5, 5.41) is 9.23. The van der Waals surface area contributed by atoms with E-state index in [1.165, 1.54) is 18.2 Å². The number of aliphatic hydroxyl groups is 1. The van der Waals surface area contributed by atoms with Gasteiger partial charge in [0.2, 0.25) is 0 Å². The number of halogens is 1. The first-order valence-electron chi connectivity index (χ1n) is 5.78. The summed E-state index contributed by atoms with van der Waals surface area (Å²) in [5.41, 5.74) is 1.46. The molecule has 0 atom stereocenters. The average molecular weight is 313 g/mol. The van der Waals surface area contributed by atoms with Gasteiger partial charge in [0.15, 0.2) is 0 Å². The molecule has 20 heavy (non-hydrogen) atoms. The van der Waals surface area contributed by atoms with Gasteiger partial charge in [0.05, 0.1) is 22.9 Å². The van der Waals surface area contributed by atoms with E-state index in [9.17, 15) is 8.42 Å². The number of anilines is 1. The summed E-state index contributed by atoms with van der Waals surface area (Å²) in [6.45, 7) is 1.47. The summed E-state index contributed by atoms with van der Waals surface area (Å²) in [6.07, 6.45) is 1.58. The van der Waals surface area contributed by atoms with Crippen molar-refractivity contribution < 1.29 is 13.5 Å². The minimum absolute atomic E-state index is 0.0305. The van der Waals surface area contributed by atoms with E-state index < -0.39 is 10.0 Å². The van der Waals surface area contributed by atoms with Crippen LogP contribution in [0.1, 0.15) is 11.3 Å². The van der Waals surface area contributed by atoms with Crippen molar-refractivity contribution in [1.82, 2.24) is 4.98 Å². The predicted molar refractivity (Wildman–Crippen MR) is 77.2 cm³/mol. The van der Waals surface area contributed by atoms with Crippen molar-refractivity contribution in [3.63, 3.8) is 0 Å². The van der Waals surface area contributed by atoms with Crippen LogP contribution in [-0.4, -0.2) is 18.5 Å². The Morgan fingerprint density at radius 3 is 2.70 bits per heavy atom. The standard InChI is InChI=1S/C13H13ClN2O3S/c1-9-13(3-2-6-15-9)16-20(18,19)11-5-4-10(8-17)12(14)7-11/h2-7,16-17H,8H2,1H3. The van der Waals surface area contributed by atoms with Crippen molar-refractivity contribution in [2.45, 2.75) is 18.4 Å². The number of aliphatic hydroxyl groups excluding tert-OH is 1. The number of hydrogen-bond donors (Lipinski definition) is 2. The monoisotopic (exact) mass is 312 g/mol. The molecule has 0 aliphatic heterocycles. The maximum atomic E-state index is 12.2. The number of sulfonamides is 1. The smallest absolute Gasteiger partial charge is 0.262 e. The molecule has 1 aromatic carbocycles. The lowest BCUT2D eigenvalue weighted by Crippen LogP contribution is -2.14. The Labute approximate surface area is 122 Å². The molecule has 2 aromatic rings. The molecule has 5 nitrogen and oxygen atoms in total. The Hall–Kier alpha value is -1.63. The minimum atomic E-state index is -3.74. The third-order valence-electron chi connectivity index (χ3n) is 2.76. The molecule has 7 heteroatoms. The highest BCUT2D eigenvalue weighted by Crippen LogP contribution is 2.23. The van der Waals surface area contributed by atoms with Crippen LogP contribution in [-0.2, 0) is 16.6 Å². The van der Waals surface area contributed by atoms with E-state index >= 15 is 0 Å². The van der Waals surface area contributed by atoms with Crippen LogP contribution in [0.4, 0.5) is 5.69 Å². The fourth-order valence-corrected chi connectivity index (χ4v) is 3.07. The van der Waals surface area contributed by atoms with Gasteiger partial charge in [0.25, 0.3) is 10.0 Å². The number of nitrogens with one attached hydrogen (secondary N) is 1. The van der Waals surface area contributed by atoms with E-state index in [0.717, 1.165) is 0 Å². The largest absolute Gasteiger partial charge is 0.392 e. The summed E-state index contributed by atoms with van der Waals surface area (Å²) in [7, 11) is -3.74. The number of pyridine rings is 1. The SMILES string of the molecule is Cc1ncccc1NS(=O)(=O)c1ccc(CO)c(Cl)c1. The fraction of sp³-hybridized carbons (Fsp3) is 0.154. The first-order valence-corrected chi connectivity index (χ1v) is 7.64. The van der Waals surface area contributed by atoms with Gasteiger partial charge in [0, 0.05) is 11.2 Å². The highest BCUT2D eigenvalue weighted by Gasteiger charge is 2.16. The van der Waals surface area contributed by atoms with E-state index in [0.29, 0.717) is 16.9 Å². The summed E-state index contributed by atoms with van der Waals surface area (Å²) in [5.74, 6) is 0. The molecule has 0 radical (unpaired) electrons. The van der Waals surface area contributed by atoms with Crippen molar-refractivity contribution in [3.05, 3.63) is 52.8 Å². The zero-order valence-corrected chi connectivity index (χ0v) is 12.2. The maximum Gasteiger partial charge on any atom is 0.262 e. The van der Waals surface area contributed by atoms with Gasteiger partial charge in [-0.2, -0.15) is 0 Å². The molecule has 0 aliphatic carbocycles. The molecular weight excluding hydrogens is 300 g/mol. The summed E-state index contributed by atoms with van der Waals surface area (Å²) < 4.78 is 26.9. The molecule has 0 aliphatic rings. The van der Waals surface area contributed by atoms with Crippen LogP contribution >= 0.6 is 11.6 Å². The third kappa shape index (κ3) is 3.09. The number of aromatic nitrogens is 1. The average Bonchev–Trinajstić information content (AvgIpc) is 2.41. The van der Waals surface area contributed by atoms with Gasteiger partial charge in [-0.1, -0.05) is 17.7 Å². The number of rotatable bonds is 4. The van der Waals surface area contributed by atoms with Crippen LogP contribution in [0.2, 0.25) is 5.02 Å². The van der Waals surface area contributed by atoms with E-state index in [2.05, 4.69) is 9.71 Å².